The fraction of sp³-hybridized carbons (Fsp3) is 0. The van der Waals surface area contributed by atoms with Gasteiger partial charge in [0.15, 0.2) is 0 Å². The second kappa shape index (κ2) is 3.64. The van der Waals surface area contributed by atoms with Gasteiger partial charge in [-0.15, -0.1) is 0 Å². The van der Waals surface area contributed by atoms with E-state index in [9.17, 15) is 8.42 Å². The molecule has 0 aliphatic heterocycles. The summed E-state index contributed by atoms with van der Waals surface area (Å²) in [5, 5.41) is 20.0. The van der Waals surface area contributed by atoms with Crippen LogP contribution in [0.2, 0.25) is 0 Å². The Morgan fingerprint density at radius 2 is 2.00 bits per heavy atom. The van der Waals surface area contributed by atoms with Crippen LogP contribution < -0.4 is 0 Å². The first-order valence-corrected chi connectivity index (χ1v) is 4.87. The molecule has 14 heavy (non-hydrogen) atoms. The second-order valence-corrected chi connectivity index (χ2v) is 3.86. The Kier molecular flexibility index (Phi) is 2.73. The predicted octanol–water partition coefficient (Wildman–Crippen LogP) is 0.447. The molecule has 6 nitrogen and oxygen atoms in total. The monoisotopic (exact) mass is 217 g/mol. The van der Waals surface area contributed by atoms with Crippen LogP contribution in [0.3, 0.4) is 0 Å². The van der Waals surface area contributed by atoms with E-state index in [0.717, 1.165) is 24.4 Å². The molecule has 0 aliphatic carbocycles. The summed E-state index contributed by atoms with van der Waals surface area (Å²) >= 11 is 0. The maximum atomic E-state index is 10.7. The Balaban J connectivity index is 3.34. The minimum Gasteiger partial charge on any atom is -0.507 e. The number of benzene rings is 1. The van der Waals surface area contributed by atoms with Crippen molar-refractivity contribution in [1.82, 2.24) is 0 Å². The van der Waals surface area contributed by atoms with Gasteiger partial charge in [0, 0.05) is 5.56 Å². The third-order valence-corrected chi connectivity index (χ3v) is 2.34. The molecule has 0 saturated heterocycles. The number of aromatic hydroxyl groups is 1. The van der Waals surface area contributed by atoms with Gasteiger partial charge in [-0.3, -0.25) is 4.55 Å². The van der Waals surface area contributed by atoms with Gasteiger partial charge in [0.1, 0.15) is 5.75 Å². The lowest BCUT2D eigenvalue weighted by Gasteiger charge is -2.00. The van der Waals surface area contributed by atoms with Crippen molar-refractivity contribution in [2.24, 2.45) is 5.16 Å². The van der Waals surface area contributed by atoms with Crippen LogP contribution in [0, 0.1) is 0 Å². The smallest absolute Gasteiger partial charge is 0.294 e. The topological polar surface area (TPSA) is 107 Å². The Labute approximate surface area is 79.9 Å². The molecular formula is C7H7NO5S. The predicted molar refractivity (Wildman–Crippen MR) is 47.3 cm³/mol. The van der Waals surface area contributed by atoms with Crippen LogP contribution in [0.25, 0.3) is 0 Å². The molecule has 76 valence electrons. The summed E-state index contributed by atoms with van der Waals surface area (Å²) in [6.07, 6.45) is 0.851. The number of rotatable bonds is 2. The van der Waals surface area contributed by atoms with Gasteiger partial charge in [0.25, 0.3) is 10.1 Å². The zero-order chi connectivity index (χ0) is 10.8. The molecule has 0 atom stereocenters. The Morgan fingerprint density at radius 1 is 1.36 bits per heavy atom. The van der Waals surface area contributed by atoms with Crippen LogP contribution >= 0.6 is 0 Å². The highest BCUT2D eigenvalue weighted by molar-refractivity contribution is 7.85. The lowest BCUT2D eigenvalue weighted by atomic mass is 10.2. The molecule has 1 aromatic carbocycles. The van der Waals surface area contributed by atoms with Crippen molar-refractivity contribution in [1.29, 1.82) is 0 Å². The number of phenolic OH excluding ortho intramolecular Hbond substituents is 1. The van der Waals surface area contributed by atoms with Crippen molar-refractivity contribution < 1.29 is 23.3 Å². The van der Waals surface area contributed by atoms with E-state index in [1.165, 1.54) is 0 Å². The number of nitrogens with zero attached hydrogens (tertiary/aromatic N) is 1. The molecule has 7 heteroatoms. The van der Waals surface area contributed by atoms with Gasteiger partial charge in [-0.2, -0.15) is 8.42 Å². The van der Waals surface area contributed by atoms with Crippen LogP contribution in [0.5, 0.6) is 5.75 Å². The van der Waals surface area contributed by atoms with E-state index >= 15 is 0 Å². The van der Waals surface area contributed by atoms with Crippen molar-refractivity contribution in [3.05, 3.63) is 23.8 Å². The summed E-state index contributed by atoms with van der Waals surface area (Å²) in [5.41, 5.74) is -0.0115. The number of oxime groups is 1. The van der Waals surface area contributed by atoms with Crippen molar-refractivity contribution >= 4 is 16.3 Å². The van der Waals surface area contributed by atoms with Gasteiger partial charge in [-0.25, -0.2) is 0 Å². The van der Waals surface area contributed by atoms with Gasteiger partial charge >= 0.3 is 0 Å². The molecule has 0 bridgehead atoms. The molecule has 0 amide bonds. The van der Waals surface area contributed by atoms with Crippen LogP contribution in [-0.2, 0) is 10.1 Å². The molecule has 0 aliphatic rings. The van der Waals surface area contributed by atoms with Gasteiger partial charge in [-0.1, -0.05) is 5.16 Å². The summed E-state index contributed by atoms with van der Waals surface area (Å²) in [7, 11) is -4.31. The molecular weight excluding hydrogens is 210 g/mol. The molecule has 1 rings (SSSR count). The van der Waals surface area contributed by atoms with Gasteiger partial charge < -0.3 is 10.3 Å². The Hall–Kier alpha value is -1.60. The number of hydrogen-bond donors (Lipinski definition) is 3. The van der Waals surface area contributed by atoms with E-state index in [2.05, 4.69) is 5.16 Å². The molecule has 0 fully saturated rings. The molecule has 0 heterocycles. The fourth-order valence-corrected chi connectivity index (χ4v) is 1.37. The molecule has 3 N–H and O–H groups in total. The minimum atomic E-state index is -4.31. The first-order valence-electron chi connectivity index (χ1n) is 3.43. The Morgan fingerprint density at radius 3 is 2.50 bits per heavy atom. The maximum Gasteiger partial charge on any atom is 0.294 e. The minimum absolute atomic E-state index is 0.0115. The van der Waals surface area contributed by atoms with E-state index in [4.69, 9.17) is 14.9 Å². The normalized spacial score (nSPS) is 12.1. The van der Waals surface area contributed by atoms with E-state index < -0.39 is 10.1 Å². The van der Waals surface area contributed by atoms with Crippen molar-refractivity contribution in [3.8, 4) is 5.75 Å². The molecule has 0 radical (unpaired) electrons. The molecule has 0 aromatic heterocycles. The van der Waals surface area contributed by atoms with E-state index in [1.807, 2.05) is 0 Å². The zero-order valence-corrected chi connectivity index (χ0v) is 7.64. The van der Waals surface area contributed by atoms with Crippen LogP contribution in [0.4, 0.5) is 0 Å². The van der Waals surface area contributed by atoms with Gasteiger partial charge in [0.2, 0.25) is 0 Å². The van der Waals surface area contributed by atoms with Crippen molar-refractivity contribution in [3.63, 3.8) is 0 Å². The highest BCUT2D eigenvalue weighted by Crippen LogP contribution is 2.19. The van der Waals surface area contributed by atoms with E-state index in [0.29, 0.717) is 0 Å². The van der Waals surface area contributed by atoms with Gasteiger partial charge in [-0.05, 0) is 18.2 Å². The van der Waals surface area contributed by atoms with E-state index in [1.54, 1.807) is 0 Å². The molecule has 0 unspecified atom stereocenters. The zero-order valence-electron chi connectivity index (χ0n) is 6.82. The molecule has 0 spiro atoms. The maximum absolute atomic E-state index is 10.7. The first-order chi connectivity index (χ1) is 6.45. The van der Waals surface area contributed by atoms with Crippen LogP contribution in [-0.4, -0.2) is 29.5 Å². The summed E-state index contributed by atoms with van der Waals surface area (Å²) in [4.78, 5) is -0.384. The van der Waals surface area contributed by atoms with Crippen LogP contribution in [0.15, 0.2) is 28.3 Å². The summed E-state index contributed by atoms with van der Waals surface area (Å²) in [5.74, 6) is -0.254. The lowest BCUT2D eigenvalue weighted by molar-refractivity contribution is 0.321. The third kappa shape index (κ3) is 2.21. The Bertz CT molecular complexity index is 465. The largest absolute Gasteiger partial charge is 0.507 e. The summed E-state index contributed by atoms with van der Waals surface area (Å²) in [6, 6.07) is 3.07. The molecule has 0 saturated carbocycles. The highest BCUT2D eigenvalue weighted by atomic mass is 32.2. The number of phenols is 1. The van der Waals surface area contributed by atoms with E-state index in [-0.39, 0.29) is 16.2 Å². The van der Waals surface area contributed by atoms with Gasteiger partial charge in [0.05, 0.1) is 11.1 Å². The van der Waals surface area contributed by atoms with Crippen LogP contribution in [0.1, 0.15) is 5.56 Å². The second-order valence-electron chi connectivity index (χ2n) is 2.44. The standard InChI is InChI=1S/C7H7NO5S/c9-7-2-1-6(14(11,12)13)3-5(7)4-8-10/h1-4,9-10H,(H,11,12,13)/b8-4+. The fourth-order valence-electron chi connectivity index (χ4n) is 0.859. The molecule has 1 aromatic rings. The third-order valence-electron chi connectivity index (χ3n) is 1.49. The summed E-state index contributed by atoms with van der Waals surface area (Å²) < 4.78 is 30.0. The first kappa shape index (κ1) is 10.5. The van der Waals surface area contributed by atoms with Crippen molar-refractivity contribution in [2.45, 2.75) is 4.90 Å². The average molecular weight is 217 g/mol. The SMILES string of the molecule is O=S(=O)(O)c1ccc(O)c(/C=N/O)c1. The lowest BCUT2D eigenvalue weighted by Crippen LogP contribution is -1.98. The highest BCUT2D eigenvalue weighted by Gasteiger charge is 2.11. The van der Waals surface area contributed by atoms with Crippen molar-refractivity contribution in [2.75, 3.05) is 0 Å². The number of hydrogen-bond acceptors (Lipinski definition) is 5. The summed E-state index contributed by atoms with van der Waals surface area (Å²) in [6.45, 7) is 0. The quantitative estimate of drug-likeness (QED) is 0.288. The average Bonchev–Trinajstić information content (AvgIpc) is 2.07.